The standard InChI is InChI=1S/C13H20N2O4S/c1-3-9(2)10-4-6-11(7-5-10)20(18,19)15-8-12(16)13(14)17/h4-7,9,12,15-16H,3,8H2,1-2H3,(H2,14,17). The summed E-state index contributed by atoms with van der Waals surface area (Å²) in [6.45, 7) is 3.68. The first kappa shape index (κ1) is 16.6. The van der Waals surface area contributed by atoms with Gasteiger partial charge in [0.2, 0.25) is 15.9 Å². The van der Waals surface area contributed by atoms with Gasteiger partial charge in [0, 0.05) is 6.54 Å². The fourth-order valence-corrected chi connectivity index (χ4v) is 2.62. The minimum atomic E-state index is -3.76. The number of carbonyl (C=O) groups excluding carboxylic acids is 1. The summed E-state index contributed by atoms with van der Waals surface area (Å²) >= 11 is 0. The topological polar surface area (TPSA) is 109 Å². The third kappa shape index (κ3) is 4.29. The van der Waals surface area contributed by atoms with Crippen LogP contribution in [0, 0.1) is 0 Å². The van der Waals surface area contributed by atoms with Crippen LogP contribution in [-0.2, 0) is 14.8 Å². The molecule has 0 bridgehead atoms. The Morgan fingerprint density at radius 1 is 1.35 bits per heavy atom. The quantitative estimate of drug-likeness (QED) is 0.673. The zero-order valence-electron chi connectivity index (χ0n) is 11.5. The van der Waals surface area contributed by atoms with Gasteiger partial charge in [-0.1, -0.05) is 26.0 Å². The van der Waals surface area contributed by atoms with Crippen molar-refractivity contribution in [3.8, 4) is 0 Å². The first-order valence-electron chi connectivity index (χ1n) is 6.35. The predicted molar refractivity (Wildman–Crippen MR) is 75.5 cm³/mol. The summed E-state index contributed by atoms with van der Waals surface area (Å²) in [6.07, 6.45) is -0.570. The fourth-order valence-electron chi connectivity index (χ4n) is 1.58. The molecule has 0 saturated heterocycles. The summed E-state index contributed by atoms with van der Waals surface area (Å²) in [5, 5.41) is 9.18. The minimum Gasteiger partial charge on any atom is -0.382 e. The average Bonchev–Trinajstić information content (AvgIpc) is 2.44. The van der Waals surface area contributed by atoms with Crippen molar-refractivity contribution in [2.75, 3.05) is 6.54 Å². The molecule has 1 aromatic carbocycles. The van der Waals surface area contributed by atoms with E-state index in [1.807, 2.05) is 0 Å². The Hall–Kier alpha value is -1.44. The van der Waals surface area contributed by atoms with E-state index in [0.29, 0.717) is 5.92 Å². The van der Waals surface area contributed by atoms with Crippen LogP contribution in [0.2, 0.25) is 0 Å². The van der Waals surface area contributed by atoms with Gasteiger partial charge in [0.05, 0.1) is 4.90 Å². The maximum Gasteiger partial charge on any atom is 0.247 e. The van der Waals surface area contributed by atoms with E-state index in [1.165, 1.54) is 12.1 Å². The first-order chi connectivity index (χ1) is 9.27. The van der Waals surface area contributed by atoms with Gasteiger partial charge in [-0.15, -0.1) is 0 Å². The number of primary amides is 1. The first-order valence-corrected chi connectivity index (χ1v) is 7.83. The van der Waals surface area contributed by atoms with Crippen LogP contribution in [0.4, 0.5) is 0 Å². The van der Waals surface area contributed by atoms with Crippen LogP contribution in [0.25, 0.3) is 0 Å². The molecule has 1 rings (SSSR count). The second-order valence-electron chi connectivity index (χ2n) is 4.65. The number of aliphatic hydroxyl groups excluding tert-OH is 1. The van der Waals surface area contributed by atoms with E-state index in [0.717, 1.165) is 12.0 Å². The maximum atomic E-state index is 11.9. The molecule has 4 N–H and O–H groups in total. The molecule has 1 amide bonds. The maximum absolute atomic E-state index is 11.9. The van der Waals surface area contributed by atoms with Crippen molar-refractivity contribution < 1.29 is 18.3 Å². The van der Waals surface area contributed by atoms with Crippen molar-refractivity contribution in [1.82, 2.24) is 4.72 Å². The van der Waals surface area contributed by atoms with Gasteiger partial charge in [0.1, 0.15) is 6.10 Å². The monoisotopic (exact) mass is 300 g/mol. The van der Waals surface area contributed by atoms with Crippen LogP contribution in [0.5, 0.6) is 0 Å². The number of nitrogens with one attached hydrogen (secondary N) is 1. The number of sulfonamides is 1. The highest BCUT2D eigenvalue weighted by molar-refractivity contribution is 7.89. The molecule has 0 radical (unpaired) electrons. The third-order valence-corrected chi connectivity index (χ3v) is 4.61. The van der Waals surface area contributed by atoms with Gasteiger partial charge in [0.25, 0.3) is 0 Å². The zero-order chi connectivity index (χ0) is 15.3. The van der Waals surface area contributed by atoms with Crippen LogP contribution < -0.4 is 10.5 Å². The van der Waals surface area contributed by atoms with Gasteiger partial charge in [0.15, 0.2) is 0 Å². The second kappa shape index (κ2) is 6.83. The Kier molecular flexibility index (Phi) is 5.67. The molecule has 0 aromatic heterocycles. The number of benzene rings is 1. The normalized spacial score (nSPS) is 14.8. The van der Waals surface area contributed by atoms with Crippen molar-refractivity contribution >= 4 is 15.9 Å². The Morgan fingerprint density at radius 3 is 2.35 bits per heavy atom. The van der Waals surface area contributed by atoms with Crippen LogP contribution in [0.3, 0.4) is 0 Å². The molecule has 6 nitrogen and oxygen atoms in total. The summed E-state index contributed by atoms with van der Waals surface area (Å²) < 4.78 is 26.0. The molecule has 0 aliphatic carbocycles. The molecule has 0 fully saturated rings. The van der Waals surface area contributed by atoms with Gasteiger partial charge in [-0.3, -0.25) is 4.79 Å². The Bertz CT molecular complexity index is 554. The molecule has 2 atom stereocenters. The van der Waals surface area contributed by atoms with Crippen LogP contribution >= 0.6 is 0 Å². The highest BCUT2D eigenvalue weighted by Crippen LogP contribution is 2.20. The zero-order valence-corrected chi connectivity index (χ0v) is 12.4. The minimum absolute atomic E-state index is 0.0845. The van der Waals surface area contributed by atoms with Crippen molar-refractivity contribution in [2.45, 2.75) is 37.2 Å². The number of nitrogens with two attached hydrogens (primary N) is 1. The lowest BCUT2D eigenvalue weighted by Crippen LogP contribution is -2.39. The fraction of sp³-hybridized carbons (Fsp3) is 0.462. The van der Waals surface area contributed by atoms with E-state index in [2.05, 4.69) is 18.6 Å². The van der Waals surface area contributed by atoms with E-state index < -0.39 is 28.6 Å². The van der Waals surface area contributed by atoms with E-state index in [1.54, 1.807) is 12.1 Å². The highest BCUT2D eigenvalue weighted by Gasteiger charge is 2.18. The van der Waals surface area contributed by atoms with E-state index in [9.17, 15) is 18.3 Å². The molecule has 20 heavy (non-hydrogen) atoms. The van der Waals surface area contributed by atoms with Gasteiger partial charge >= 0.3 is 0 Å². The molecule has 1 aromatic rings. The number of amides is 1. The van der Waals surface area contributed by atoms with Crippen molar-refractivity contribution in [1.29, 1.82) is 0 Å². The number of aliphatic hydroxyl groups is 1. The van der Waals surface area contributed by atoms with Crippen LogP contribution in [0.1, 0.15) is 31.7 Å². The number of carbonyl (C=O) groups is 1. The number of rotatable bonds is 7. The molecule has 7 heteroatoms. The average molecular weight is 300 g/mol. The number of hydrogen-bond donors (Lipinski definition) is 3. The largest absolute Gasteiger partial charge is 0.382 e. The van der Waals surface area contributed by atoms with E-state index >= 15 is 0 Å². The van der Waals surface area contributed by atoms with Gasteiger partial charge in [-0.2, -0.15) is 0 Å². The lowest BCUT2D eigenvalue weighted by Gasteiger charge is -2.12. The smallest absolute Gasteiger partial charge is 0.247 e. The summed E-state index contributed by atoms with van der Waals surface area (Å²) in [6, 6.07) is 6.52. The molecule has 0 heterocycles. The SMILES string of the molecule is CCC(C)c1ccc(S(=O)(=O)NCC(O)C(N)=O)cc1. The van der Waals surface area contributed by atoms with Crippen LogP contribution in [-0.4, -0.2) is 32.1 Å². The summed E-state index contributed by atoms with van der Waals surface area (Å²) in [7, 11) is -3.76. The van der Waals surface area contributed by atoms with Gasteiger partial charge < -0.3 is 10.8 Å². The van der Waals surface area contributed by atoms with Crippen molar-refractivity contribution in [3.63, 3.8) is 0 Å². The van der Waals surface area contributed by atoms with Crippen LogP contribution in [0.15, 0.2) is 29.2 Å². The van der Waals surface area contributed by atoms with E-state index in [-0.39, 0.29) is 4.90 Å². The molecule has 0 spiro atoms. The molecule has 0 aliphatic rings. The predicted octanol–water partition coefficient (Wildman–Crippen LogP) is 0.325. The van der Waals surface area contributed by atoms with Crippen molar-refractivity contribution in [3.05, 3.63) is 29.8 Å². The molecular weight excluding hydrogens is 280 g/mol. The Balaban J connectivity index is 2.80. The molecule has 112 valence electrons. The molecule has 2 unspecified atom stereocenters. The van der Waals surface area contributed by atoms with E-state index in [4.69, 9.17) is 5.73 Å². The highest BCUT2D eigenvalue weighted by atomic mass is 32.2. The lowest BCUT2D eigenvalue weighted by atomic mass is 9.99. The molecule has 0 aliphatic heterocycles. The van der Waals surface area contributed by atoms with Gasteiger partial charge in [-0.05, 0) is 30.0 Å². The second-order valence-corrected chi connectivity index (χ2v) is 6.42. The molecule has 0 saturated carbocycles. The summed E-state index contributed by atoms with van der Waals surface area (Å²) in [5.74, 6) is -0.615. The Labute approximate surface area is 119 Å². The van der Waals surface area contributed by atoms with Gasteiger partial charge in [-0.25, -0.2) is 13.1 Å². The van der Waals surface area contributed by atoms with Crippen molar-refractivity contribution in [2.24, 2.45) is 5.73 Å². The lowest BCUT2D eigenvalue weighted by molar-refractivity contribution is -0.125. The summed E-state index contributed by atoms with van der Waals surface area (Å²) in [5.41, 5.74) is 5.91. The number of hydrogen-bond acceptors (Lipinski definition) is 4. The molecular formula is C13H20N2O4S. The third-order valence-electron chi connectivity index (χ3n) is 3.17. The Morgan fingerprint density at radius 2 is 1.90 bits per heavy atom. The summed E-state index contributed by atoms with van der Waals surface area (Å²) in [4.78, 5) is 10.7.